The number of carboxylic acid groups (broad SMARTS) is 1. The normalized spacial score (nSPS) is 11.7. The van der Waals surface area contributed by atoms with E-state index in [2.05, 4.69) is 0 Å². The Bertz CT molecular complexity index is 570. The van der Waals surface area contributed by atoms with Crippen LogP contribution in [0.2, 0.25) is 0 Å². The number of amides is 2. The molecule has 0 aliphatic carbocycles. The molecular formula is C12H15N3O5. The van der Waals surface area contributed by atoms with Gasteiger partial charge in [0.05, 0.1) is 4.92 Å². The number of carbonyl (C=O) groups is 2. The number of nitrogens with one attached hydrogen (secondary N) is 1. The molecule has 1 aromatic rings. The molecule has 0 aliphatic heterocycles. The third-order valence-corrected chi connectivity index (χ3v) is 2.93. The van der Waals surface area contributed by atoms with Gasteiger partial charge in [0.25, 0.3) is 5.69 Å². The second kappa shape index (κ2) is 6.00. The molecule has 0 saturated heterocycles. The maximum Gasteiger partial charge on any atom is 0.326 e. The molecule has 4 N–H and O–H groups in total. The molecule has 0 radical (unpaired) electrons. The van der Waals surface area contributed by atoms with Crippen LogP contribution in [0.1, 0.15) is 16.7 Å². The van der Waals surface area contributed by atoms with E-state index in [1.165, 1.54) is 6.07 Å². The van der Waals surface area contributed by atoms with E-state index < -0.39 is 23.0 Å². The molecule has 1 rings (SSSR count). The quantitative estimate of drug-likeness (QED) is 0.543. The molecule has 0 bridgehead atoms. The van der Waals surface area contributed by atoms with Gasteiger partial charge < -0.3 is 16.2 Å². The largest absolute Gasteiger partial charge is 0.480 e. The molecule has 0 heterocycles. The highest BCUT2D eigenvalue weighted by atomic mass is 16.6. The standard InChI is InChI=1S/C12H15N3O5/c1-6-3-8(10(15(19)20)4-7(6)2)5-9(11(16)17)14-12(13)18/h3-4,9H,5H2,1-2H3,(H,16,17)(H3,13,14,18). The van der Waals surface area contributed by atoms with E-state index in [-0.39, 0.29) is 17.7 Å². The lowest BCUT2D eigenvalue weighted by Gasteiger charge is -2.14. The fraction of sp³-hybridized carbons (Fsp3) is 0.333. The molecule has 1 aromatic carbocycles. The van der Waals surface area contributed by atoms with Gasteiger partial charge in [-0.2, -0.15) is 0 Å². The Morgan fingerprint density at radius 2 is 1.95 bits per heavy atom. The summed E-state index contributed by atoms with van der Waals surface area (Å²) in [6, 6.07) is 0.622. The first-order chi connectivity index (χ1) is 9.22. The van der Waals surface area contributed by atoms with Crippen molar-refractivity contribution in [2.45, 2.75) is 26.3 Å². The van der Waals surface area contributed by atoms with Crippen molar-refractivity contribution in [2.24, 2.45) is 5.73 Å². The number of hydrogen-bond donors (Lipinski definition) is 3. The number of nitro groups is 1. The summed E-state index contributed by atoms with van der Waals surface area (Å²) in [5.41, 5.74) is 6.48. The number of urea groups is 1. The Labute approximate surface area is 114 Å². The van der Waals surface area contributed by atoms with Crippen molar-refractivity contribution in [1.29, 1.82) is 0 Å². The smallest absolute Gasteiger partial charge is 0.326 e. The summed E-state index contributed by atoms with van der Waals surface area (Å²) in [5.74, 6) is -1.31. The number of nitrogens with two attached hydrogens (primary N) is 1. The highest BCUT2D eigenvalue weighted by Gasteiger charge is 2.24. The summed E-state index contributed by atoms with van der Waals surface area (Å²) in [5, 5.41) is 22.0. The van der Waals surface area contributed by atoms with Crippen molar-refractivity contribution < 1.29 is 19.6 Å². The summed E-state index contributed by atoms with van der Waals surface area (Å²) >= 11 is 0. The highest BCUT2D eigenvalue weighted by Crippen LogP contribution is 2.24. The molecule has 0 aromatic heterocycles. The molecule has 0 fully saturated rings. The number of hydrogen-bond acceptors (Lipinski definition) is 4. The first-order valence-corrected chi connectivity index (χ1v) is 5.75. The van der Waals surface area contributed by atoms with Gasteiger partial charge in [0, 0.05) is 18.1 Å². The molecule has 1 atom stereocenters. The van der Waals surface area contributed by atoms with E-state index in [1.54, 1.807) is 19.9 Å². The van der Waals surface area contributed by atoms with Crippen LogP contribution in [-0.2, 0) is 11.2 Å². The molecule has 0 aliphatic rings. The van der Waals surface area contributed by atoms with Crippen LogP contribution in [0.3, 0.4) is 0 Å². The number of aliphatic carboxylic acids is 1. The van der Waals surface area contributed by atoms with Gasteiger partial charge in [0.1, 0.15) is 6.04 Å². The van der Waals surface area contributed by atoms with E-state index in [9.17, 15) is 19.7 Å². The maximum atomic E-state index is 11.0. The van der Waals surface area contributed by atoms with E-state index in [0.29, 0.717) is 0 Å². The van der Waals surface area contributed by atoms with Crippen LogP contribution in [0.5, 0.6) is 0 Å². The molecule has 1 unspecified atom stereocenters. The third-order valence-electron chi connectivity index (χ3n) is 2.93. The number of nitrogens with zero attached hydrogens (tertiary/aromatic N) is 1. The average Bonchev–Trinajstić information content (AvgIpc) is 2.31. The summed E-state index contributed by atoms with van der Waals surface area (Å²) in [4.78, 5) is 32.2. The number of benzene rings is 1. The minimum Gasteiger partial charge on any atom is -0.480 e. The fourth-order valence-electron chi connectivity index (χ4n) is 1.79. The van der Waals surface area contributed by atoms with Gasteiger partial charge >= 0.3 is 12.0 Å². The number of rotatable bonds is 5. The Morgan fingerprint density at radius 1 is 1.40 bits per heavy atom. The van der Waals surface area contributed by atoms with Gasteiger partial charge in [-0.25, -0.2) is 9.59 Å². The first kappa shape index (κ1) is 15.4. The number of carbonyl (C=O) groups excluding carboxylic acids is 1. The van der Waals surface area contributed by atoms with E-state index in [4.69, 9.17) is 10.8 Å². The lowest BCUT2D eigenvalue weighted by Crippen LogP contribution is -2.45. The van der Waals surface area contributed by atoms with Gasteiger partial charge in [-0.3, -0.25) is 10.1 Å². The predicted molar refractivity (Wildman–Crippen MR) is 70.4 cm³/mol. The summed E-state index contributed by atoms with van der Waals surface area (Å²) in [6.45, 7) is 3.49. The van der Waals surface area contributed by atoms with Gasteiger partial charge in [-0.15, -0.1) is 0 Å². The van der Waals surface area contributed by atoms with Crippen LogP contribution in [0.4, 0.5) is 10.5 Å². The Hall–Kier alpha value is -2.64. The van der Waals surface area contributed by atoms with Gasteiger partial charge in [-0.1, -0.05) is 0 Å². The molecule has 2 amide bonds. The maximum absolute atomic E-state index is 11.0. The van der Waals surface area contributed by atoms with Crippen LogP contribution in [0.25, 0.3) is 0 Å². The monoisotopic (exact) mass is 281 g/mol. The molecule has 0 spiro atoms. The first-order valence-electron chi connectivity index (χ1n) is 5.75. The van der Waals surface area contributed by atoms with Gasteiger partial charge in [0.15, 0.2) is 0 Å². The SMILES string of the molecule is Cc1cc(CC(NC(N)=O)C(=O)O)c([N+](=O)[O-])cc1C. The second-order valence-corrected chi connectivity index (χ2v) is 4.43. The number of carboxylic acids is 1. The van der Waals surface area contributed by atoms with E-state index in [0.717, 1.165) is 11.1 Å². The van der Waals surface area contributed by atoms with Crippen molar-refractivity contribution in [3.8, 4) is 0 Å². The lowest BCUT2D eigenvalue weighted by molar-refractivity contribution is -0.385. The lowest BCUT2D eigenvalue weighted by atomic mass is 9.99. The molecule has 108 valence electrons. The fourth-order valence-corrected chi connectivity index (χ4v) is 1.79. The second-order valence-electron chi connectivity index (χ2n) is 4.43. The number of aryl methyl sites for hydroxylation is 2. The highest BCUT2D eigenvalue weighted by molar-refractivity contribution is 5.82. The minimum atomic E-state index is -1.31. The summed E-state index contributed by atoms with van der Waals surface area (Å²) in [7, 11) is 0. The minimum absolute atomic E-state index is 0.175. The zero-order chi connectivity index (χ0) is 15.4. The number of primary amides is 1. The van der Waals surface area contributed by atoms with Crippen LogP contribution in [-0.4, -0.2) is 28.1 Å². The molecule has 0 saturated carbocycles. The molecular weight excluding hydrogens is 266 g/mol. The van der Waals surface area contributed by atoms with Crippen molar-refractivity contribution >= 4 is 17.7 Å². The van der Waals surface area contributed by atoms with Crippen LogP contribution in [0.15, 0.2) is 12.1 Å². The van der Waals surface area contributed by atoms with Crippen molar-refractivity contribution in [2.75, 3.05) is 0 Å². The average molecular weight is 281 g/mol. The third kappa shape index (κ3) is 3.67. The van der Waals surface area contributed by atoms with E-state index in [1.807, 2.05) is 5.32 Å². The van der Waals surface area contributed by atoms with Crippen molar-refractivity contribution in [1.82, 2.24) is 5.32 Å². The predicted octanol–water partition coefficient (Wildman–Crippen LogP) is 0.876. The van der Waals surface area contributed by atoms with Gasteiger partial charge in [-0.05, 0) is 31.0 Å². The molecule has 8 heteroatoms. The van der Waals surface area contributed by atoms with Crippen LogP contribution < -0.4 is 11.1 Å². The van der Waals surface area contributed by atoms with Crippen LogP contribution in [0, 0.1) is 24.0 Å². The Kier molecular flexibility index (Phi) is 4.63. The number of nitro benzene ring substituents is 1. The Balaban J connectivity index is 3.17. The summed E-state index contributed by atoms with van der Waals surface area (Å²) in [6.07, 6.45) is -0.213. The van der Waals surface area contributed by atoms with Crippen molar-refractivity contribution in [3.05, 3.63) is 38.9 Å². The molecule has 8 nitrogen and oxygen atoms in total. The Morgan fingerprint density at radius 3 is 2.40 bits per heavy atom. The summed E-state index contributed by atoms with van der Waals surface area (Å²) < 4.78 is 0. The van der Waals surface area contributed by atoms with E-state index >= 15 is 0 Å². The topological polar surface area (TPSA) is 136 Å². The van der Waals surface area contributed by atoms with Gasteiger partial charge in [0.2, 0.25) is 0 Å². The molecule has 20 heavy (non-hydrogen) atoms. The zero-order valence-corrected chi connectivity index (χ0v) is 11.0. The van der Waals surface area contributed by atoms with Crippen LogP contribution >= 0.6 is 0 Å². The van der Waals surface area contributed by atoms with Crippen molar-refractivity contribution in [3.63, 3.8) is 0 Å². The zero-order valence-electron chi connectivity index (χ0n) is 11.0.